The second-order valence-corrected chi connectivity index (χ2v) is 4.71. The topological polar surface area (TPSA) is 38.5 Å². The van der Waals surface area contributed by atoms with Gasteiger partial charge in [-0.05, 0) is 45.0 Å². The van der Waals surface area contributed by atoms with E-state index in [0.717, 1.165) is 18.8 Å². The molecule has 0 aliphatic heterocycles. The number of hydrogen-bond acceptors (Lipinski definition) is 3. The summed E-state index contributed by atoms with van der Waals surface area (Å²) >= 11 is 0. The third kappa shape index (κ3) is 4.75. The van der Waals surface area contributed by atoms with Crippen LogP contribution in [0.5, 0.6) is 5.75 Å². The van der Waals surface area contributed by atoms with E-state index in [1.807, 2.05) is 19.9 Å². The first-order valence-electron chi connectivity index (χ1n) is 6.19. The van der Waals surface area contributed by atoms with Crippen LogP contribution in [-0.2, 0) is 6.54 Å². The van der Waals surface area contributed by atoms with E-state index in [-0.39, 0.29) is 6.04 Å². The molecule has 2 N–H and O–H groups in total. The second kappa shape index (κ2) is 6.62. The molecule has 0 aliphatic rings. The minimum atomic E-state index is 0.212. The van der Waals surface area contributed by atoms with Crippen molar-refractivity contribution < 1.29 is 4.74 Å². The summed E-state index contributed by atoms with van der Waals surface area (Å²) in [4.78, 5) is 2.24. The van der Waals surface area contributed by atoms with Crippen LogP contribution in [0.2, 0.25) is 0 Å². The van der Waals surface area contributed by atoms with Gasteiger partial charge in [0.05, 0.1) is 6.61 Å². The average Bonchev–Trinajstić information content (AvgIpc) is 2.21. The smallest absolute Gasteiger partial charge is 0.122 e. The molecule has 1 aromatic carbocycles. The van der Waals surface area contributed by atoms with E-state index in [1.165, 1.54) is 11.1 Å². The molecule has 3 nitrogen and oxygen atoms in total. The zero-order valence-electron chi connectivity index (χ0n) is 11.4. The Balaban J connectivity index is 2.63. The van der Waals surface area contributed by atoms with Crippen LogP contribution in [0.3, 0.4) is 0 Å². The number of aryl methyl sites for hydroxylation is 1. The van der Waals surface area contributed by atoms with E-state index in [0.29, 0.717) is 6.61 Å². The molecule has 1 rings (SSSR count). The second-order valence-electron chi connectivity index (χ2n) is 4.71. The lowest BCUT2D eigenvalue weighted by molar-refractivity contribution is 0.309. The summed E-state index contributed by atoms with van der Waals surface area (Å²) in [6.45, 7) is 8.66. The minimum absolute atomic E-state index is 0.212. The van der Waals surface area contributed by atoms with Crippen molar-refractivity contribution in [1.29, 1.82) is 0 Å². The van der Waals surface area contributed by atoms with Crippen molar-refractivity contribution in [1.82, 2.24) is 4.90 Å². The molecular weight excluding hydrogens is 212 g/mol. The lowest BCUT2D eigenvalue weighted by Gasteiger charge is -2.19. The summed E-state index contributed by atoms with van der Waals surface area (Å²) in [6.07, 6.45) is 0. The lowest BCUT2D eigenvalue weighted by atomic mass is 10.1. The van der Waals surface area contributed by atoms with Gasteiger partial charge in [-0.2, -0.15) is 0 Å². The first-order chi connectivity index (χ1) is 8.02. The normalized spacial score (nSPS) is 12.8. The highest BCUT2D eigenvalue weighted by atomic mass is 16.5. The van der Waals surface area contributed by atoms with Crippen molar-refractivity contribution in [3.63, 3.8) is 0 Å². The molecule has 0 aromatic heterocycles. The Morgan fingerprint density at radius 3 is 2.65 bits per heavy atom. The molecule has 17 heavy (non-hydrogen) atoms. The van der Waals surface area contributed by atoms with Gasteiger partial charge in [0.1, 0.15) is 5.75 Å². The fourth-order valence-electron chi connectivity index (χ4n) is 2.00. The molecule has 0 saturated carbocycles. The fraction of sp³-hybridized carbons (Fsp3) is 0.571. The van der Waals surface area contributed by atoms with Crippen LogP contribution in [0, 0.1) is 6.92 Å². The molecule has 0 spiro atoms. The Kier molecular flexibility index (Phi) is 5.45. The molecule has 0 amide bonds. The van der Waals surface area contributed by atoms with Crippen LogP contribution in [0.1, 0.15) is 25.0 Å². The van der Waals surface area contributed by atoms with Crippen LogP contribution >= 0.6 is 0 Å². The molecule has 0 heterocycles. The van der Waals surface area contributed by atoms with Gasteiger partial charge in [0.25, 0.3) is 0 Å². The van der Waals surface area contributed by atoms with Crippen molar-refractivity contribution in [3.05, 3.63) is 29.3 Å². The largest absolute Gasteiger partial charge is 0.494 e. The first kappa shape index (κ1) is 14.0. The Bertz CT molecular complexity index is 350. The number of hydrogen-bond donors (Lipinski definition) is 1. The highest BCUT2D eigenvalue weighted by Gasteiger charge is 2.05. The number of rotatable bonds is 6. The molecular formula is C14H24N2O. The van der Waals surface area contributed by atoms with E-state index in [9.17, 15) is 0 Å². The van der Waals surface area contributed by atoms with E-state index in [2.05, 4.69) is 31.0 Å². The summed E-state index contributed by atoms with van der Waals surface area (Å²) in [5.41, 5.74) is 8.27. The highest BCUT2D eigenvalue weighted by Crippen LogP contribution is 2.19. The van der Waals surface area contributed by atoms with Crippen LogP contribution in [0.25, 0.3) is 0 Å². The summed E-state index contributed by atoms with van der Waals surface area (Å²) in [5, 5.41) is 0. The maximum absolute atomic E-state index is 5.78. The van der Waals surface area contributed by atoms with Gasteiger partial charge in [-0.3, -0.25) is 0 Å². The fourth-order valence-corrected chi connectivity index (χ4v) is 2.00. The molecule has 0 bridgehead atoms. The molecule has 96 valence electrons. The number of nitrogens with two attached hydrogens (primary N) is 1. The van der Waals surface area contributed by atoms with Crippen molar-refractivity contribution in [3.8, 4) is 5.75 Å². The molecule has 0 fully saturated rings. The van der Waals surface area contributed by atoms with E-state index < -0.39 is 0 Å². The van der Waals surface area contributed by atoms with Crippen LogP contribution < -0.4 is 10.5 Å². The summed E-state index contributed by atoms with van der Waals surface area (Å²) in [7, 11) is 2.09. The van der Waals surface area contributed by atoms with Gasteiger partial charge in [-0.15, -0.1) is 0 Å². The van der Waals surface area contributed by atoms with E-state index in [4.69, 9.17) is 10.5 Å². The van der Waals surface area contributed by atoms with Crippen molar-refractivity contribution in [2.24, 2.45) is 5.73 Å². The molecule has 1 atom stereocenters. The Morgan fingerprint density at radius 1 is 1.41 bits per heavy atom. The number of likely N-dealkylation sites (N-methyl/N-ethyl adjacent to an activating group) is 1. The SMILES string of the molecule is CCOc1ccc(CN(C)CC(C)N)cc1C. The first-order valence-corrected chi connectivity index (χ1v) is 6.19. The summed E-state index contributed by atoms with van der Waals surface area (Å²) < 4.78 is 5.53. The third-order valence-corrected chi connectivity index (χ3v) is 2.59. The predicted molar refractivity (Wildman–Crippen MR) is 72.3 cm³/mol. The van der Waals surface area contributed by atoms with Gasteiger partial charge >= 0.3 is 0 Å². The molecule has 1 aromatic rings. The Labute approximate surface area is 105 Å². The van der Waals surface area contributed by atoms with Gasteiger partial charge in [-0.1, -0.05) is 12.1 Å². The molecule has 0 radical (unpaired) electrons. The van der Waals surface area contributed by atoms with Crippen molar-refractivity contribution in [2.45, 2.75) is 33.4 Å². The average molecular weight is 236 g/mol. The van der Waals surface area contributed by atoms with Gasteiger partial charge in [0, 0.05) is 19.1 Å². The summed E-state index contributed by atoms with van der Waals surface area (Å²) in [5.74, 6) is 0.978. The van der Waals surface area contributed by atoms with Crippen molar-refractivity contribution in [2.75, 3.05) is 20.2 Å². The van der Waals surface area contributed by atoms with E-state index >= 15 is 0 Å². The zero-order chi connectivity index (χ0) is 12.8. The van der Waals surface area contributed by atoms with Gasteiger partial charge < -0.3 is 15.4 Å². The molecule has 0 saturated heterocycles. The molecule has 0 aliphatic carbocycles. The van der Waals surface area contributed by atoms with Gasteiger partial charge in [0.15, 0.2) is 0 Å². The van der Waals surface area contributed by atoms with Crippen molar-refractivity contribution >= 4 is 0 Å². The maximum Gasteiger partial charge on any atom is 0.122 e. The van der Waals surface area contributed by atoms with Gasteiger partial charge in [-0.25, -0.2) is 0 Å². The Morgan fingerprint density at radius 2 is 2.12 bits per heavy atom. The van der Waals surface area contributed by atoms with Crippen LogP contribution in [0.15, 0.2) is 18.2 Å². The standard InChI is InChI=1S/C14H24N2O/c1-5-17-14-7-6-13(8-11(14)2)10-16(4)9-12(3)15/h6-8,12H,5,9-10,15H2,1-4H3. The van der Waals surface area contributed by atoms with Crippen LogP contribution in [-0.4, -0.2) is 31.1 Å². The maximum atomic E-state index is 5.78. The molecule has 1 unspecified atom stereocenters. The quantitative estimate of drug-likeness (QED) is 0.822. The molecule has 3 heteroatoms. The zero-order valence-corrected chi connectivity index (χ0v) is 11.4. The Hall–Kier alpha value is -1.06. The van der Waals surface area contributed by atoms with E-state index in [1.54, 1.807) is 0 Å². The predicted octanol–water partition coefficient (Wildman–Crippen LogP) is 2.17. The lowest BCUT2D eigenvalue weighted by Crippen LogP contribution is -2.32. The van der Waals surface area contributed by atoms with Crippen LogP contribution in [0.4, 0.5) is 0 Å². The summed E-state index contributed by atoms with van der Waals surface area (Å²) in [6, 6.07) is 6.57. The third-order valence-electron chi connectivity index (χ3n) is 2.59. The number of benzene rings is 1. The highest BCUT2D eigenvalue weighted by molar-refractivity contribution is 5.36. The number of nitrogens with zero attached hydrogens (tertiary/aromatic N) is 1. The monoisotopic (exact) mass is 236 g/mol. The minimum Gasteiger partial charge on any atom is -0.494 e. The van der Waals surface area contributed by atoms with Gasteiger partial charge in [0.2, 0.25) is 0 Å². The number of ether oxygens (including phenoxy) is 1.